The van der Waals surface area contributed by atoms with Crippen LogP contribution in [0.1, 0.15) is 28.8 Å². The molecule has 1 aromatic carbocycles. The van der Waals surface area contributed by atoms with Crippen molar-refractivity contribution < 1.29 is 9.90 Å². The SMILES string of the molecule is Cc1cc(N(C)C2CCNCC2)ccc1C(=O)O. The summed E-state index contributed by atoms with van der Waals surface area (Å²) < 4.78 is 0. The van der Waals surface area contributed by atoms with Gasteiger partial charge in [-0.2, -0.15) is 0 Å². The van der Waals surface area contributed by atoms with Crippen LogP contribution < -0.4 is 10.2 Å². The molecule has 1 saturated heterocycles. The summed E-state index contributed by atoms with van der Waals surface area (Å²) in [6.45, 7) is 3.96. The van der Waals surface area contributed by atoms with Gasteiger partial charge in [0.1, 0.15) is 0 Å². The molecule has 0 radical (unpaired) electrons. The lowest BCUT2D eigenvalue weighted by Gasteiger charge is -2.33. The maximum Gasteiger partial charge on any atom is 0.335 e. The van der Waals surface area contributed by atoms with Gasteiger partial charge in [-0.15, -0.1) is 0 Å². The Bertz CT molecular complexity index is 439. The zero-order valence-electron chi connectivity index (χ0n) is 10.9. The van der Waals surface area contributed by atoms with E-state index in [4.69, 9.17) is 5.11 Å². The van der Waals surface area contributed by atoms with Crippen molar-refractivity contribution in [2.45, 2.75) is 25.8 Å². The number of hydrogen-bond donors (Lipinski definition) is 2. The van der Waals surface area contributed by atoms with E-state index in [1.54, 1.807) is 6.07 Å². The number of carbonyl (C=O) groups is 1. The van der Waals surface area contributed by atoms with Crippen LogP contribution >= 0.6 is 0 Å². The van der Waals surface area contributed by atoms with Gasteiger partial charge in [-0.05, 0) is 56.6 Å². The smallest absolute Gasteiger partial charge is 0.335 e. The highest BCUT2D eigenvalue weighted by Gasteiger charge is 2.18. The average molecular weight is 248 g/mol. The molecule has 0 bridgehead atoms. The summed E-state index contributed by atoms with van der Waals surface area (Å²) in [6, 6.07) is 6.11. The molecule has 0 aliphatic carbocycles. The average Bonchev–Trinajstić information content (AvgIpc) is 2.38. The highest BCUT2D eigenvalue weighted by molar-refractivity contribution is 5.89. The highest BCUT2D eigenvalue weighted by Crippen LogP contribution is 2.22. The maximum absolute atomic E-state index is 11.0. The second-order valence-corrected chi connectivity index (χ2v) is 4.90. The summed E-state index contributed by atoms with van der Waals surface area (Å²) >= 11 is 0. The first-order chi connectivity index (χ1) is 8.59. The minimum absolute atomic E-state index is 0.387. The van der Waals surface area contributed by atoms with Crippen LogP contribution in [0.15, 0.2) is 18.2 Å². The third kappa shape index (κ3) is 2.64. The molecule has 4 nitrogen and oxygen atoms in total. The van der Waals surface area contributed by atoms with Crippen LogP contribution in [0, 0.1) is 6.92 Å². The Morgan fingerprint density at radius 2 is 2.06 bits per heavy atom. The van der Waals surface area contributed by atoms with Crippen molar-refractivity contribution in [2.75, 3.05) is 25.0 Å². The fourth-order valence-corrected chi connectivity index (χ4v) is 2.51. The van der Waals surface area contributed by atoms with Gasteiger partial charge >= 0.3 is 5.97 Å². The lowest BCUT2D eigenvalue weighted by atomic mass is 10.0. The van der Waals surface area contributed by atoms with Crippen molar-refractivity contribution in [1.82, 2.24) is 5.32 Å². The Morgan fingerprint density at radius 1 is 1.39 bits per heavy atom. The number of anilines is 1. The van der Waals surface area contributed by atoms with Crippen molar-refractivity contribution in [3.8, 4) is 0 Å². The van der Waals surface area contributed by atoms with Crippen LogP contribution in [-0.2, 0) is 0 Å². The predicted molar refractivity (Wildman–Crippen MR) is 72.4 cm³/mol. The molecule has 2 N–H and O–H groups in total. The Labute approximate surface area is 108 Å². The first-order valence-electron chi connectivity index (χ1n) is 6.37. The summed E-state index contributed by atoms with van der Waals surface area (Å²) in [7, 11) is 2.09. The van der Waals surface area contributed by atoms with Gasteiger partial charge in [-0.1, -0.05) is 0 Å². The summed E-state index contributed by atoms with van der Waals surface area (Å²) in [4.78, 5) is 13.2. The molecule has 1 aromatic rings. The molecular formula is C14H20N2O2. The van der Waals surface area contributed by atoms with Crippen molar-refractivity contribution in [2.24, 2.45) is 0 Å². The number of hydrogen-bond acceptors (Lipinski definition) is 3. The van der Waals surface area contributed by atoms with E-state index in [0.29, 0.717) is 11.6 Å². The highest BCUT2D eigenvalue weighted by atomic mass is 16.4. The van der Waals surface area contributed by atoms with Crippen LogP contribution in [0.3, 0.4) is 0 Å². The molecule has 2 rings (SSSR count). The second kappa shape index (κ2) is 5.40. The second-order valence-electron chi connectivity index (χ2n) is 4.90. The van der Waals surface area contributed by atoms with Crippen LogP contribution in [-0.4, -0.2) is 37.3 Å². The van der Waals surface area contributed by atoms with Gasteiger partial charge in [0.15, 0.2) is 0 Å². The number of aromatic carboxylic acids is 1. The minimum Gasteiger partial charge on any atom is -0.478 e. The third-order valence-electron chi connectivity index (χ3n) is 3.70. The van der Waals surface area contributed by atoms with E-state index in [-0.39, 0.29) is 0 Å². The van der Waals surface area contributed by atoms with E-state index < -0.39 is 5.97 Å². The Balaban J connectivity index is 2.17. The number of benzene rings is 1. The molecule has 1 aliphatic rings. The quantitative estimate of drug-likeness (QED) is 0.857. The molecule has 0 atom stereocenters. The fraction of sp³-hybridized carbons (Fsp3) is 0.500. The van der Waals surface area contributed by atoms with Gasteiger partial charge in [0, 0.05) is 18.8 Å². The van der Waals surface area contributed by atoms with Gasteiger partial charge < -0.3 is 15.3 Å². The van der Waals surface area contributed by atoms with Gasteiger partial charge in [-0.25, -0.2) is 4.79 Å². The molecule has 0 saturated carbocycles. The van der Waals surface area contributed by atoms with Crippen LogP contribution in [0.25, 0.3) is 0 Å². The Morgan fingerprint density at radius 3 is 2.61 bits per heavy atom. The van der Waals surface area contributed by atoms with Gasteiger partial charge in [0.2, 0.25) is 0 Å². The van der Waals surface area contributed by atoms with E-state index in [1.165, 1.54) is 0 Å². The summed E-state index contributed by atoms with van der Waals surface area (Å²) in [5.74, 6) is -0.858. The number of nitrogens with one attached hydrogen (secondary N) is 1. The molecule has 1 fully saturated rings. The van der Waals surface area contributed by atoms with E-state index in [1.807, 2.05) is 19.1 Å². The Kier molecular flexibility index (Phi) is 3.87. The van der Waals surface area contributed by atoms with Crippen molar-refractivity contribution >= 4 is 11.7 Å². The first kappa shape index (κ1) is 12.9. The summed E-state index contributed by atoms with van der Waals surface area (Å²) in [6.07, 6.45) is 2.27. The molecule has 1 heterocycles. The molecule has 18 heavy (non-hydrogen) atoms. The maximum atomic E-state index is 11.0. The van der Waals surface area contributed by atoms with Gasteiger partial charge in [-0.3, -0.25) is 0 Å². The van der Waals surface area contributed by atoms with Gasteiger partial charge in [0.25, 0.3) is 0 Å². The predicted octanol–water partition coefficient (Wildman–Crippen LogP) is 1.88. The number of carboxylic acids is 1. The molecule has 98 valence electrons. The lowest BCUT2D eigenvalue weighted by Crippen LogP contribution is -2.41. The van der Waals surface area contributed by atoms with Crippen LogP contribution in [0.5, 0.6) is 0 Å². The lowest BCUT2D eigenvalue weighted by molar-refractivity contribution is 0.0696. The Hall–Kier alpha value is -1.55. The van der Waals surface area contributed by atoms with Crippen molar-refractivity contribution in [3.05, 3.63) is 29.3 Å². The molecule has 4 heteroatoms. The standard InChI is InChI=1S/C14H20N2O2/c1-10-9-12(3-4-13(10)14(17)18)16(2)11-5-7-15-8-6-11/h3-4,9,11,15H,5-8H2,1-2H3,(H,17,18). The first-order valence-corrected chi connectivity index (χ1v) is 6.37. The topological polar surface area (TPSA) is 52.6 Å². The molecule has 0 amide bonds. The molecule has 0 unspecified atom stereocenters. The zero-order valence-corrected chi connectivity index (χ0v) is 10.9. The molecule has 1 aliphatic heterocycles. The van der Waals surface area contributed by atoms with E-state index in [9.17, 15) is 4.79 Å². The van der Waals surface area contributed by atoms with Crippen LogP contribution in [0.4, 0.5) is 5.69 Å². The summed E-state index contributed by atoms with van der Waals surface area (Å²) in [5.41, 5.74) is 2.31. The zero-order chi connectivity index (χ0) is 13.1. The normalized spacial score (nSPS) is 16.6. The number of carboxylic acid groups (broad SMARTS) is 1. The molecule has 0 spiro atoms. The number of rotatable bonds is 3. The van der Waals surface area contributed by atoms with Crippen molar-refractivity contribution in [3.63, 3.8) is 0 Å². The molecular weight excluding hydrogens is 228 g/mol. The molecule has 0 aromatic heterocycles. The van der Waals surface area contributed by atoms with Gasteiger partial charge in [0.05, 0.1) is 5.56 Å². The van der Waals surface area contributed by atoms with E-state index in [2.05, 4.69) is 17.3 Å². The van der Waals surface area contributed by atoms with E-state index in [0.717, 1.165) is 37.2 Å². The van der Waals surface area contributed by atoms with Crippen molar-refractivity contribution in [1.29, 1.82) is 0 Å². The number of piperidine rings is 1. The largest absolute Gasteiger partial charge is 0.478 e. The number of aryl methyl sites for hydroxylation is 1. The number of nitrogens with zero attached hydrogens (tertiary/aromatic N) is 1. The minimum atomic E-state index is -0.858. The van der Waals surface area contributed by atoms with Crippen LogP contribution in [0.2, 0.25) is 0 Å². The van der Waals surface area contributed by atoms with E-state index >= 15 is 0 Å². The monoisotopic (exact) mass is 248 g/mol. The fourth-order valence-electron chi connectivity index (χ4n) is 2.51. The third-order valence-corrected chi connectivity index (χ3v) is 3.70. The summed E-state index contributed by atoms with van der Waals surface area (Å²) in [5, 5.41) is 12.4.